The van der Waals surface area contributed by atoms with Gasteiger partial charge in [0.2, 0.25) is 0 Å². The first-order valence-electron chi connectivity index (χ1n) is 5.12. The van der Waals surface area contributed by atoms with E-state index in [-0.39, 0.29) is 12.1 Å². The lowest BCUT2D eigenvalue weighted by atomic mass is 10.2. The molecule has 1 aliphatic rings. The third-order valence-corrected chi connectivity index (χ3v) is 2.71. The van der Waals surface area contributed by atoms with Gasteiger partial charge >= 0.3 is 0 Å². The van der Waals surface area contributed by atoms with E-state index in [9.17, 15) is 8.78 Å². The fourth-order valence-electron chi connectivity index (χ4n) is 2.02. The smallest absolute Gasteiger partial charge is 0.128 e. The molecule has 2 unspecified atom stereocenters. The van der Waals surface area contributed by atoms with E-state index in [2.05, 4.69) is 5.32 Å². The van der Waals surface area contributed by atoms with Crippen molar-refractivity contribution in [3.63, 3.8) is 0 Å². The summed E-state index contributed by atoms with van der Waals surface area (Å²) in [6.45, 7) is 0. The van der Waals surface area contributed by atoms with Crippen LogP contribution in [0.25, 0.3) is 0 Å². The van der Waals surface area contributed by atoms with E-state index in [4.69, 9.17) is 5.73 Å². The summed E-state index contributed by atoms with van der Waals surface area (Å²) in [5.41, 5.74) is 6.24. The molecule has 1 saturated carbocycles. The molecule has 0 amide bonds. The first-order chi connectivity index (χ1) is 7.13. The van der Waals surface area contributed by atoms with Gasteiger partial charge in [0.1, 0.15) is 11.6 Å². The Hall–Kier alpha value is -1.16. The summed E-state index contributed by atoms with van der Waals surface area (Å²) in [6.07, 6.45) is 2.78. The zero-order chi connectivity index (χ0) is 10.8. The van der Waals surface area contributed by atoms with Gasteiger partial charge in [0.25, 0.3) is 0 Å². The van der Waals surface area contributed by atoms with Crippen LogP contribution in [0.15, 0.2) is 18.2 Å². The lowest BCUT2D eigenvalue weighted by Gasteiger charge is -2.13. The second-order valence-corrected chi connectivity index (χ2v) is 4.07. The van der Waals surface area contributed by atoms with Gasteiger partial charge in [-0.15, -0.1) is 0 Å². The largest absolute Gasteiger partial charge is 0.382 e. The molecule has 0 heterocycles. The highest BCUT2D eigenvalue weighted by molar-refractivity contribution is 5.44. The standard InChI is InChI=1S/C11H14F2N2/c12-7-3-8(13)5-11(4-7)15-10-2-1-9(14)6-10/h3-5,9-10,15H,1-2,6,14H2. The predicted octanol–water partition coefficient (Wildman–Crippen LogP) is 2.26. The molecule has 82 valence electrons. The minimum Gasteiger partial charge on any atom is -0.382 e. The van der Waals surface area contributed by atoms with Crippen LogP contribution < -0.4 is 11.1 Å². The van der Waals surface area contributed by atoms with Gasteiger partial charge < -0.3 is 11.1 Å². The number of halogens is 2. The molecule has 1 aromatic rings. The maximum atomic E-state index is 12.9. The van der Waals surface area contributed by atoms with Crippen molar-refractivity contribution in [2.24, 2.45) is 5.73 Å². The van der Waals surface area contributed by atoms with E-state index in [1.165, 1.54) is 12.1 Å². The SMILES string of the molecule is NC1CCC(Nc2cc(F)cc(F)c2)C1. The normalized spacial score (nSPS) is 25.5. The third kappa shape index (κ3) is 2.65. The summed E-state index contributed by atoms with van der Waals surface area (Å²) < 4.78 is 25.7. The van der Waals surface area contributed by atoms with E-state index in [0.29, 0.717) is 5.69 Å². The summed E-state index contributed by atoms with van der Waals surface area (Å²) in [5, 5.41) is 3.09. The van der Waals surface area contributed by atoms with Gasteiger partial charge in [-0.1, -0.05) is 0 Å². The van der Waals surface area contributed by atoms with Crippen LogP contribution in [0.2, 0.25) is 0 Å². The molecule has 0 spiro atoms. The molecule has 0 aliphatic heterocycles. The van der Waals surface area contributed by atoms with Crippen molar-refractivity contribution in [1.29, 1.82) is 0 Å². The van der Waals surface area contributed by atoms with Crippen LogP contribution in [-0.2, 0) is 0 Å². The second kappa shape index (κ2) is 4.14. The first-order valence-corrected chi connectivity index (χ1v) is 5.12. The van der Waals surface area contributed by atoms with Crippen molar-refractivity contribution in [2.45, 2.75) is 31.3 Å². The molecule has 15 heavy (non-hydrogen) atoms. The number of benzene rings is 1. The highest BCUT2D eigenvalue weighted by Crippen LogP contribution is 2.22. The summed E-state index contributed by atoms with van der Waals surface area (Å²) in [4.78, 5) is 0. The van der Waals surface area contributed by atoms with E-state index in [0.717, 1.165) is 25.3 Å². The number of nitrogens with one attached hydrogen (secondary N) is 1. The van der Waals surface area contributed by atoms with Crippen molar-refractivity contribution >= 4 is 5.69 Å². The maximum absolute atomic E-state index is 12.9. The molecule has 0 aromatic heterocycles. The molecule has 2 nitrogen and oxygen atoms in total. The number of nitrogens with two attached hydrogens (primary N) is 1. The van der Waals surface area contributed by atoms with Gasteiger partial charge in [0, 0.05) is 23.8 Å². The van der Waals surface area contributed by atoms with Crippen LogP contribution in [-0.4, -0.2) is 12.1 Å². The predicted molar refractivity (Wildman–Crippen MR) is 55.6 cm³/mol. The fourth-order valence-corrected chi connectivity index (χ4v) is 2.02. The average Bonchev–Trinajstić information content (AvgIpc) is 2.49. The lowest BCUT2D eigenvalue weighted by molar-refractivity contribution is 0.583. The number of rotatable bonds is 2. The Morgan fingerprint density at radius 1 is 1.13 bits per heavy atom. The zero-order valence-electron chi connectivity index (χ0n) is 8.34. The maximum Gasteiger partial charge on any atom is 0.128 e. The van der Waals surface area contributed by atoms with E-state index < -0.39 is 11.6 Å². The second-order valence-electron chi connectivity index (χ2n) is 4.07. The molecule has 0 saturated heterocycles. The molecular formula is C11H14F2N2. The van der Waals surface area contributed by atoms with Gasteiger partial charge in [-0.05, 0) is 31.4 Å². The molecule has 0 bridgehead atoms. The van der Waals surface area contributed by atoms with Crippen molar-refractivity contribution < 1.29 is 8.78 Å². The van der Waals surface area contributed by atoms with Crippen LogP contribution in [0.4, 0.5) is 14.5 Å². The van der Waals surface area contributed by atoms with Crippen LogP contribution in [0, 0.1) is 11.6 Å². The number of anilines is 1. The molecule has 1 fully saturated rings. The summed E-state index contributed by atoms with van der Waals surface area (Å²) in [6, 6.07) is 3.91. The van der Waals surface area contributed by atoms with Crippen LogP contribution in [0.5, 0.6) is 0 Å². The summed E-state index contributed by atoms with van der Waals surface area (Å²) >= 11 is 0. The van der Waals surface area contributed by atoms with Gasteiger partial charge in [-0.2, -0.15) is 0 Å². The minimum absolute atomic E-state index is 0.209. The fraction of sp³-hybridized carbons (Fsp3) is 0.455. The highest BCUT2D eigenvalue weighted by Gasteiger charge is 2.21. The average molecular weight is 212 g/mol. The zero-order valence-corrected chi connectivity index (χ0v) is 8.34. The highest BCUT2D eigenvalue weighted by atomic mass is 19.1. The molecule has 4 heteroatoms. The lowest BCUT2D eigenvalue weighted by Crippen LogP contribution is -2.20. The van der Waals surface area contributed by atoms with E-state index in [1.54, 1.807) is 0 Å². The van der Waals surface area contributed by atoms with Gasteiger partial charge in [0.05, 0.1) is 0 Å². The monoisotopic (exact) mass is 212 g/mol. The number of hydrogen-bond donors (Lipinski definition) is 2. The quantitative estimate of drug-likeness (QED) is 0.789. The molecule has 0 radical (unpaired) electrons. The summed E-state index contributed by atoms with van der Waals surface area (Å²) in [5.74, 6) is -1.11. The van der Waals surface area contributed by atoms with Crippen LogP contribution >= 0.6 is 0 Å². The van der Waals surface area contributed by atoms with Gasteiger partial charge in [-0.25, -0.2) is 8.78 Å². The Labute approximate surface area is 87.5 Å². The van der Waals surface area contributed by atoms with Gasteiger partial charge in [-0.3, -0.25) is 0 Å². The Morgan fingerprint density at radius 3 is 2.33 bits per heavy atom. The molecule has 2 atom stereocenters. The first kappa shape index (κ1) is 10.4. The molecule has 3 N–H and O–H groups in total. The van der Waals surface area contributed by atoms with Crippen LogP contribution in [0.3, 0.4) is 0 Å². The topological polar surface area (TPSA) is 38.0 Å². The van der Waals surface area contributed by atoms with Gasteiger partial charge in [0.15, 0.2) is 0 Å². The molecule has 2 rings (SSSR count). The van der Waals surface area contributed by atoms with Crippen molar-refractivity contribution in [3.8, 4) is 0 Å². The Kier molecular flexibility index (Phi) is 2.86. The molecular weight excluding hydrogens is 198 g/mol. The number of hydrogen-bond acceptors (Lipinski definition) is 2. The Balaban J connectivity index is 2.04. The van der Waals surface area contributed by atoms with E-state index in [1.807, 2.05) is 0 Å². The third-order valence-electron chi connectivity index (χ3n) is 2.71. The van der Waals surface area contributed by atoms with Crippen molar-refractivity contribution in [3.05, 3.63) is 29.8 Å². The minimum atomic E-state index is -0.556. The van der Waals surface area contributed by atoms with Crippen LogP contribution in [0.1, 0.15) is 19.3 Å². The van der Waals surface area contributed by atoms with E-state index >= 15 is 0 Å². The molecule has 1 aliphatic carbocycles. The van der Waals surface area contributed by atoms with Crippen molar-refractivity contribution in [1.82, 2.24) is 0 Å². The Morgan fingerprint density at radius 2 is 1.80 bits per heavy atom. The molecule has 1 aromatic carbocycles. The van der Waals surface area contributed by atoms with Crippen molar-refractivity contribution in [2.75, 3.05) is 5.32 Å². The summed E-state index contributed by atoms with van der Waals surface area (Å²) in [7, 11) is 0. The Bertz CT molecular complexity index is 334.